The van der Waals surface area contributed by atoms with Crippen molar-refractivity contribution in [3.05, 3.63) is 51.8 Å². The molecule has 0 aliphatic heterocycles. The summed E-state index contributed by atoms with van der Waals surface area (Å²) >= 11 is 5.94. The first-order chi connectivity index (χ1) is 9.02. The smallest absolute Gasteiger partial charge is 0.0629 e. The van der Waals surface area contributed by atoms with E-state index in [2.05, 4.69) is 36.4 Å². The molecule has 1 aromatic heterocycles. The predicted octanol–water partition coefficient (Wildman–Crippen LogP) is 3.19. The standard InChI is InChI=1S/C15H20ClN3/c1-10-14(11(2)19(4)18-10)9-15(17-3)12-5-7-13(16)8-6-12/h5-8,15,17H,9H2,1-4H3. The van der Waals surface area contributed by atoms with E-state index in [1.165, 1.54) is 16.8 Å². The first kappa shape index (κ1) is 14.1. The van der Waals surface area contributed by atoms with E-state index < -0.39 is 0 Å². The van der Waals surface area contributed by atoms with Gasteiger partial charge >= 0.3 is 0 Å². The van der Waals surface area contributed by atoms with E-state index in [-0.39, 0.29) is 6.04 Å². The normalized spacial score (nSPS) is 12.7. The molecule has 0 saturated heterocycles. The molecule has 4 heteroatoms. The summed E-state index contributed by atoms with van der Waals surface area (Å²) in [5.74, 6) is 0. The zero-order valence-corrected chi connectivity index (χ0v) is 12.6. The number of benzene rings is 1. The maximum Gasteiger partial charge on any atom is 0.0629 e. The van der Waals surface area contributed by atoms with E-state index in [0.29, 0.717) is 0 Å². The van der Waals surface area contributed by atoms with Crippen LogP contribution < -0.4 is 5.32 Å². The van der Waals surface area contributed by atoms with Crippen LogP contribution in [0.5, 0.6) is 0 Å². The van der Waals surface area contributed by atoms with Crippen LogP contribution in [-0.4, -0.2) is 16.8 Å². The molecule has 0 saturated carbocycles. The van der Waals surface area contributed by atoms with Crippen LogP contribution in [0.2, 0.25) is 5.02 Å². The second-order valence-corrected chi connectivity index (χ2v) is 5.31. The van der Waals surface area contributed by atoms with E-state index in [1.807, 2.05) is 30.9 Å². The highest BCUT2D eigenvalue weighted by Crippen LogP contribution is 2.23. The molecule has 0 radical (unpaired) electrons. The van der Waals surface area contributed by atoms with E-state index >= 15 is 0 Å². The van der Waals surface area contributed by atoms with Gasteiger partial charge in [-0.05, 0) is 50.6 Å². The van der Waals surface area contributed by atoms with Gasteiger partial charge in [-0.15, -0.1) is 0 Å². The summed E-state index contributed by atoms with van der Waals surface area (Å²) in [4.78, 5) is 0. The molecule has 3 nitrogen and oxygen atoms in total. The predicted molar refractivity (Wildman–Crippen MR) is 79.6 cm³/mol. The molecule has 2 aromatic rings. The zero-order valence-electron chi connectivity index (χ0n) is 11.9. The monoisotopic (exact) mass is 277 g/mol. The lowest BCUT2D eigenvalue weighted by Crippen LogP contribution is -2.19. The van der Waals surface area contributed by atoms with Gasteiger partial charge in [-0.2, -0.15) is 5.10 Å². The van der Waals surface area contributed by atoms with Gasteiger partial charge in [-0.1, -0.05) is 23.7 Å². The van der Waals surface area contributed by atoms with Crippen LogP contribution >= 0.6 is 11.6 Å². The van der Waals surface area contributed by atoms with Crippen LogP contribution in [-0.2, 0) is 13.5 Å². The summed E-state index contributed by atoms with van der Waals surface area (Å²) in [7, 11) is 3.98. The molecule has 0 aliphatic carbocycles. The Balaban J connectivity index is 2.26. The van der Waals surface area contributed by atoms with Gasteiger partial charge in [-0.25, -0.2) is 0 Å². The van der Waals surface area contributed by atoms with Crippen molar-refractivity contribution in [1.29, 1.82) is 0 Å². The molecule has 19 heavy (non-hydrogen) atoms. The second kappa shape index (κ2) is 5.76. The summed E-state index contributed by atoms with van der Waals surface area (Å²) in [6, 6.07) is 8.29. The Morgan fingerprint density at radius 3 is 2.37 bits per heavy atom. The second-order valence-electron chi connectivity index (χ2n) is 4.87. The van der Waals surface area contributed by atoms with Gasteiger partial charge in [0.05, 0.1) is 5.69 Å². The third-order valence-electron chi connectivity index (χ3n) is 3.69. The van der Waals surface area contributed by atoms with Crippen molar-refractivity contribution in [2.45, 2.75) is 26.3 Å². The first-order valence-corrected chi connectivity index (χ1v) is 6.82. The zero-order chi connectivity index (χ0) is 14.0. The average molecular weight is 278 g/mol. The van der Waals surface area contributed by atoms with Crippen molar-refractivity contribution in [3.63, 3.8) is 0 Å². The van der Waals surface area contributed by atoms with Crippen molar-refractivity contribution < 1.29 is 0 Å². The first-order valence-electron chi connectivity index (χ1n) is 6.44. The lowest BCUT2D eigenvalue weighted by molar-refractivity contribution is 0.588. The molecule has 2 rings (SSSR count). The summed E-state index contributed by atoms with van der Waals surface area (Å²) in [6.07, 6.45) is 0.934. The summed E-state index contributed by atoms with van der Waals surface area (Å²) in [5, 5.41) is 8.61. The van der Waals surface area contributed by atoms with Crippen LogP contribution in [0.4, 0.5) is 0 Å². The van der Waals surface area contributed by atoms with Gasteiger partial charge in [0, 0.05) is 23.8 Å². The molecular weight excluding hydrogens is 258 g/mol. The average Bonchev–Trinajstić information content (AvgIpc) is 2.63. The van der Waals surface area contributed by atoms with Crippen molar-refractivity contribution in [3.8, 4) is 0 Å². The van der Waals surface area contributed by atoms with Crippen LogP contribution in [0.1, 0.15) is 28.6 Å². The third-order valence-corrected chi connectivity index (χ3v) is 3.94. The van der Waals surface area contributed by atoms with Crippen molar-refractivity contribution in [1.82, 2.24) is 15.1 Å². The Kier molecular flexibility index (Phi) is 4.27. The number of halogens is 1. The summed E-state index contributed by atoms with van der Waals surface area (Å²) < 4.78 is 1.94. The van der Waals surface area contributed by atoms with Crippen LogP contribution in [0.25, 0.3) is 0 Å². The summed E-state index contributed by atoms with van der Waals surface area (Å²) in [5.41, 5.74) is 4.90. The number of aromatic nitrogens is 2. The highest BCUT2D eigenvalue weighted by molar-refractivity contribution is 6.30. The molecule has 1 atom stereocenters. The third kappa shape index (κ3) is 2.99. The molecule has 0 spiro atoms. The lowest BCUT2D eigenvalue weighted by atomic mass is 9.98. The highest BCUT2D eigenvalue weighted by Gasteiger charge is 2.16. The fourth-order valence-electron chi connectivity index (χ4n) is 2.40. The molecule has 0 fully saturated rings. The van der Waals surface area contributed by atoms with Crippen molar-refractivity contribution in [2.75, 3.05) is 7.05 Å². The quantitative estimate of drug-likeness (QED) is 0.930. The number of nitrogens with one attached hydrogen (secondary N) is 1. The van der Waals surface area contributed by atoms with Crippen LogP contribution in [0.3, 0.4) is 0 Å². The van der Waals surface area contributed by atoms with Gasteiger partial charge in [0.15, 0.2) is 0 Å². The van der Waals surface area contributed by atoms with Gasteiger partial charge < -0.3 is 5.32 Å². The molecule has 1 unspecified atom stereocenters. The Labute approximate surface area is 119 Å². The van der Waals surface area contributed by atoms with Crippen LogP contribution in [0, 0.1) is 13.8 Å². The van der Waals surface area contributed by atoms with Gasteiger partial charge in [0.2, 0.25) is 0 Å². The van der Waals surface area contributed by atoms with Crippen molar-refractivity contribution in [2.24, 2.45) is 7.05 Å². The molecule has 102 valence electrons. The Morgan fingerprint density at radius 2 is 1.89 bits per heavy atom. The van der Waals surface area contributed by atoms with E-state index in [1.54, 1.807) is 0 Å². The minimum atomic E-state index is 0.277. The van der Waals surface area contributed by atoms with E-state index in [9.17, 15) is 0 Å². The van der Waals surface area contributed by atoms with E-state index in [4.69, 9.17) is 11.6 Å². The van der Waals surface area contributed by atoms with Crippen LogP contribution in [0.15, 0.2) is 24.3 Å². The Bertz CT molecular complexity index is 558. The number of aryl methyl sites for hydroxylation is 2. The Hall–Kier alpha value is -1.32. The molecule has 0 amide bonds. The fraction of sp³-hybridized carbons (Fsp3) is 0.400. The number of nitrogens with zero attached hydrogens (tertiary/aromatic N) is 2. The molecule has 0 bridgehead atoms. The molecule has 0 aliphatic rings. The number of rotatable bonds is 4. The van der Waals surface area contributed by atoms with Gasteiger partial charge in [-0.3, -0.25) is 4.68 Å². The Morgan fingerprint density at radius 1 is 1.26 bits per heavy atom. The summed E-state index contributed by atoms with van der Waals surface area (Å²) in [6.45, 7) is 4.18. The topological polar surface area (TPSA) is 29.9 Å². The lowest BCUT2D eigenvalue weighted by Gasteiger charge is -2.17. The SMILES string of the molecule is CNC(Cc1c(C)nn(C)c1C)c1ccc(Cl)cc1. The van der Waals surface area contributed by atoms with Gasteiger partial charge in [0.25, 0.3) is 0 Å². The van der Waals surface area contributed by atoms with E-state index in [0.717, 1.165) is 17.1 Å². The maximum atomic E-state index is 5.94. The molecule has 1 aromatic carbocycles. The minimum Gasteiger partial charge on any atom is -0.313 e. The highest BCUT2D eigenvalue weighted by atomic mass is 35.5. The largest absolute Gasteiger partial charge is 0.313 e. The number of hydrogen-bond acceptors (Lipinski definition) is 2. The number of likely N-dealkylation sites (N-methyl/N-ethyl adjacent to an activating group) is 1. The maximum absolute atomic E-state index is 5.94. The fourth-order valence-corrected chi connectivity index (χ4v) is 2.52. The van der Waals surface area contributed by atoms with Gasteiger partial charge in [0.1, 0.15) is 0 Å². The minimum absolute atomic E-state index is 0.277. The number of hydrogen-bond donors (Lipinski definition) is 1. The van der Waals surface area contributed by atoms with Crippen molar-refractivity contribution >= 4 is 11.6 Å². The molecule has 1 N–H and O–H groups in total. The molecular formula is C15H20ClN3. The molecule has 1 heterocycles.